The standard InChI is InChI=1S/C12H9N.C7H5NO.C6H4N4/c1-3-7-11-9(5-1)10-6-2-4-8-12(10)13-11;1-2-4-7-6(3-1)8-5-9-7;1-2-9-6-5(8-1)3-7-4-10-6/h1-8,13H;1-5H;1-4H. The van der Waals surface area contributed by atoms with Crippen LogP contribution in [0.25, 0.3) is 44.1 Å². The molecule has 7 aromatic rings. The van der Waals surface area contributed by atoms with Crippen molar-refractivity contribution in [2.75, 3.05) is 0 Å². The Hall–Kier alpha value is -4.65. The van der Waals surface area contributed by atoms with Crippen LogP contribution >= 0.6 is 0 Å². The molecule has 0 fully saturated rings. The van der Waals surface area contributed by atoms with Crippen molar-refractivity contribution in [1.82, 2.24) is 29.9 Å². The number of benzene rings is 3. The predicted molar refractivity (Wildman–Crippen MR) is 125 cm³/mol. The highest BCUT2D eigenvalue weighted by Crippen LogP contribution is 2.24. The molecule has 4 heterocycles. The van der Waals surface area contributed by atoms with Crippen LogP contribution < -0.4 is 0 Å². The molecule has 0 bridgehead atoms. The Balaban J connectivity index is 0.000000103. The topological polar surface area (TPSA) is 93.4 Å². The molecule has 1 N–H and O–H groups in total. The number of para-hydroxylation sites is 4. The molecule has 0 aliphatic heterocycles. The molecule has 3 aromatic carbocycles. The summed E-state index contributed by atoms with van der Waals surface area (Å²) in [5.74, 6) is 0. The van der Waals surface area contributed by atoms with Crippen LogP contribution in [0.2, 0.25) is 0 Å². The molecule has 0 spiro atoms. The lowest BCUT2D eigenvalue weighted by atomic mass is 10.2. The lowest BCUT2D eigenvalue weighted by molar-refractivity contribution is 0.602. The molecule has 0 unspecified atom stereocenters. The number of nitrogens with zero attached hydrogens (tertiary/aromatic N) is 5. The Morgan fingerprint density at radius 3 is 2.06 bits per heavy atom. The second-order valence-electron chi connectivity index (χ2n) is 6.82. The van der Waals surface area contributed by atoms with Gasteiger partial charge in [0.25, 0.3) is 0 Å². The zero-order chi connectivity index (χ0) is 21.6. The van der Waals surface area contributed by atoms with Crippen LogP contribution in [-0.2, 0) is 0 Å². The van der Waals surface area contributed by atoms with E-state index in [4.69, 9.17) is 4.42 Å². The quantitative estimate of drug-likeness (QED) is 0.346. The van der Waals surface area contributed by atoms with Gasteiger partial charge in [0.15, 0.2) is 17.6 Å². The van der Waals surface area contributed by atoms with Crippen molar-refractivity contribution in [3.05, 3.63) is 104 Å². The summed E-state index contributed by atoms with van der Waals surface area (Å²) >= 11 is 0. The lowest BCUT2D eigenvalue weighted by Crippen LogP contribution is -1.85. The van der Waals surface area contributed by atoms with Crippen LogP contribution in [0, 0.1) is 0 Å². The fourth-order valence-electron chi connectivity index (χ4n) is 3.33. The Morgan fingerprint density at radius 2 is 1.31 bits per heavy atom. The van der Waals surface area contributed by atoms with E-state index < -0.39 is 0 Å². The van der Waals surface area contributed by atoms with Gasteiger partial charge < -0.3 is 9.40 Å². The summed E-state index contributed by atoms with van der Waals surface area (Å²) < 4.78 is 5.01. The molecule has 7 nitrogen and oxygen atoms in total. The maximum absolute atomic E-state index is 5.01. The van der Waals surface area contributed by atoms with E-state index in [0.717, 1.165) is 16.6 Å². The average molecular weight is 418 g/mol. The Labute approximate surface area is 182 Å². The van der Waals surface area contributed by atoms with Crippen molar-refractivity contribution in [2.45, 2.75) is 0 Å². The fraction of sp³-hybridized carbons (Fsp3) is 0. The van der Waals surface area contributed by atoms with E-state index in [2.05, 4.69) is 78.4 Å². The molecular weight excluding hydrogens is 400 g/mol. The van der Waals surface area contributed by atoms with E-state index in [1.54, 1.807) is 18.6 Å². The minimum atomic E-state index is 0.637. The summed E-state index contributed by atoms with van der Waals surface area (Å²) in [6.45, 7) is 0. The summed E-state index contributed by atoms with van der Waals surface area (Å²) in [6, 6.07) is 24.4. The number of nitrogens with one attached hydrogen (secondary N) is 1. The highest BCUT2D eigenvalue weighted by atomic mass is 16.3. The zero-order valence-electron chi connectivity index (χ0n) is 17.0. The molecule has 0 saturated carbocycles. The molecule has 0 saturated heterocycles. The smallest absolute Gasteiger partial charge is 0.181 e. The van der Waals surface area contributed by atoms with Crippen molar-refractivity contribution >= 4 is 44.1 Å². The number of H-pyrrole nitrogens is 1. The molecule has 0 aliphatic carbocycles. The largest absolute Gasteiger partial charge is 0.443 e. The maximum atomic E-state index is 5.01. The Morgan fingerprint density at radius 1 is 0.625 bits per heavy atom. The van der Waals surface area contributed by atoms with Crippen LogP contribution in [0.3, 0.4) is 0 Å². The number of hydrogen-bond acceptors (Lipinski definition) is 6. The van der Waals surface area contributed by atoms with Crippen LogP contribution in [0.15, 0.2) is 109 Å². The van der Waals surface area contributed by atoms with Gasteiger partial charge >= 0.3 is 0 Å². The SMILES string of the molecule is c1ccc2c(c1)[nH]c1ccccc12.c1ccc2ocnc2c1.c1cnc2ncncc2n1. The monoisotopic (exact) mass is 418 g/mol. The van der Waals surface area contributed by atoms with Crippen LogP contribution in [0.1, 0.15) is 0 Å². The van der Waals surface area contributed by atoms with Gasteiger partial charge in [0, 0.05) is 34.2 Å². The first-order valence-corrected chi connectivity index (χ1v) is 9.99. The van der Waals surface area contributed by atoms with Gasteiger partial charge in [0.05, 0.1) is 6.20 Å². The third-order valence-corrected chi connectivity index (χ3v) is 4.80. The molecule has 7 heteroatoms. The average Bonchev–Trinajstić information content (AvgIpc) is 3.50. The van der Waals surface area contributed by atoms with Crippen molar-refractivity contribution in [3.8, 4) is 0 Å². The first-order chi connectivity index (χ1) is 15.9. The number of aromatic amines is 1. The second-order valence-corrected chi connectivity index (χ2v) is 6.82. The van der Waals surface area contributed by atoms with Crippen LogP contribution in [0.4, 0.5) is 0 Å². The molecule has 0 amide bonds. The molecule has 0 atom stereocenters. The molecule has 154 valence electrons. The van der Waals surface area contributed by atoms with Crippen molar-refractivity contribution < 1.29 is 4.42 Å². The highest BCUT2D eigenvalue weighted by Gasteiger charge is 2.00. The number of rotatable bonds is 0. The van der Waals surface area contributed by atoms with E-state index in [9.17, 15) is 0 Å². The second kappa shape index (κ2) is 9.01. The number of aromatic nitrogens is 6. The molecule has 32 heavy (non-hydrogen) atoms. The summed E-state index contributed by atoms with van der Waals surface area (Å²) in [6.07, 6.45) is 7.76. The summed E-state index contributed by atoms with van der Waals surface area (Å²) in [4.78, 5) is 23.0. The molecular formula is C25H18N6O. The first kappa shape index (κ1) is 19.3. The van der Waals surface area contributed by atoms with Gasteiger partial charge in [-0.3, -0.25) is 0 Å². The normalized spacial score (nSPS) is 10.5. The number of oxazole rings is 1. The lowest BCUT2D eigenvalue weighted by Gasteiger charge is -1.89. The fourth-order valence-corrected chi connectivity index (χ4v) is 3.33. The molecule has 0 radical (unpaired) electrons. The van der Waals surface area contributed by atoms with Gasteiger partial charge in [-0.1, -0.05) is 48.5 Å². The van der Waals surface area contributed by atoms with Crippen LogP contribution in [-0.4, -0.2) is 29.9 Å². The summed E-state index contributed by atoms with van der Waals surface area (Å²) in [5, 5.41) is 2.61. The first-order valence-electron chi connectivity index (χ1n) is 9.99. The van der Waals surface area contributed by atoms with Gasteiger partial charge in [0.2, 0.25) is 0 Å². The number of fused-ring (bicyclic) bond motifs is 5. The third-order valence-electron chi connectivity index (χ3n) is 4.80. The zero-order valence-corrected chi connectivity index (χ0v) is 17.0. The van der Waals surface area contributed by atoms with E-state index >= 15 is 0 Å². The Bertz CT molecular complexity index is 1460. The Kier molecular flexibility index (Phi) is 5.44. The van der Waals surface area contributed by atoms with Gasteiger partial charge in [-0.15, -0.1) is 0 Å². The van der Waals surface area contributed by atoms with Crippen molar-refractivity contribution in [3.63, 3.8) is 0 Å². The molecule has 7 rings (SSSR count). The van der Waals surface area contributed by atoms with E-state index in [1.807, 2.05) is 24.3 Å². The summed E-state index contributed by atoms with van der Waals surface area (Å²) in [7, 11) is 0. The van der Waals surface area contributed by atoms with Crippen molar-refractivity contribution in [1.29, 1.82) is 0 Å². The van der Waals surface area contributed by atoms with Gasteiger partial charge in [-0.05, 0) is 24.3 Å². The van der Waals surface area contributed by atoms with Gasteiger partial charge in [0.1, 0.15) is 17.4 Å². The van der Waals surface area contributed by atoms with E-state index in [-0.39, 0.29) is 0 Å². The third kappa shape index (κ3) is 4.13. The summed E-state index contributed by atoms with van der Waals surface area (Å²) in [5.41, 5.74) is 5.55. The van der Waals surface area contributed by atoms with E-state index in [0.29, 0.717) is 5.65 Å². The van der Waals surface area contributed by atoms with Crippen LogP contribution in [0.5, 0.6) is 0 Å². The maximum Gasteiger partial charge on any atom is 0.181 e. The minimum absolute atomic E-state index is 0.637. The van der Waals surface area contributed by atoms with Crippen molar-refractivity contribution in [2.24, 2.45) is 0 Å². The molecule has 4 aromatic heterocycles. The van der Waals surface area contributed by atoms with Gasteiger partial charge in [-0.2, -0.15) is 0 Å². The number of hydrogen-bond donors (Lipinski definition) is 1. The predicted octanol–water partition coefficient (Wildman–Crippen LogP) is 5.57. The highest BCUT2D eigenvalue weighted by molar-refractivity contribution is 6.06. The van der Waals surface area contributed by atoms with E-state index in [1.165, 1.54) is 34.5 Å². The minimum Gasteiger partial charge on any atom is -0.443 e. The molecule has 0 aliphatic rings. The van der Waals surface area contributed by atoms with Gasteiger partial charge in [-0.25, -0.2) is 24.9 Å².